The number of nitrogens with zero attached hydrogens (tertiary/aromatic N) is 1. The molecule has 2 rings (SSSR count). The maximum absolute atomic E-state index is 12.6. The van der Waals surface area contributed by atoms with E-state index in [9.17, 15) is 8.42 Å². The maximum Gasteiger partial charge on any atom is 0.243 e. The van der Waals surface area contributed by atoms with Crippen LogP contribution in [0.15, 0.2) is 23.1 Å². The average Bonchev–Trinajstić information content (AvgIpc) is 2.38. The second kappa shape index (κ2) is 6.17. The van der Waals surface area contributed by atoms with E-state index in [0.29, 0.717) is 0 Å². The fourth-order valence-corrected chi connectivity index (χ4v) is 4.43. The zero-order chi connectivity index (χ0) is 14.9. The van der Waals surface area contributed by atoms with Crippen LogP contribution in [-0.4, -0.2) is 49.7 Å². The van der Waals surface area contributed by atoms with Crippen LogP contribution in [0.4, 0.5) is 0 Å². The smallest absolute Gasteiger partial charge is 0.243 e. The van der Waals surface area contributed by atoms with Crippen LogP contribution in [0.3, 0.4) is 0 Å². The highest BCUT2D eigenvalue weighted by Gasteiger charge is 2.35. The first kappa shape index (κ1) is 16.0. The predicted octanol–water partition coefficient (Wildman–Crippen LogP) is 1.76. The van der Waals surface area contributed by atoms with Gasteiger partial charge < -0.3 is 9.84 Å². The summed E-state index contributed by atoms with van der Waals surface area (Å²) in [6, 6.07) is 3.87. The lowest BCUT2D eigenvalue weighted by Crippen LogP contribution is -2.51. The van der Waals surface area contributed by atoms with Crippen LogP contribution in [0.2, 0.25) is 10.0 Å². The fraction of sp³-hybridized carbons (Fsp3) is 0.500. The number of ether oxygens (including phenoxy) is 1. The lowest BCUT2D eigenvalue weighted by Gasteiger charge is -2.36. The van der Waals surface area contributed by atoms with Gasteiger partial charge in [-0.15, -0.1) is 0 Å². The van der Waals surface area contributed by atoms with Crippen LogP contribution < -0.4 is 0 Å². The van der Waals surface area contributed by atoms with Gasteiger partial charge in [0.25, 0.3) is 0 Å². The van der Waals surface area contributed by atoms with Crippen molar-refractivity contribution < 1.29 is 18.3 Å². The molecule has 2 unspecified atom stereocenters. The summed E-state index contributed by atoms with van der Waals surface area (Å²) in [7, 11) is -3.73. The molecule has 1 aromatic carbocycles. The van der Waals surface area contributed by atoms with Gasteiger partial charge in [-0.1, -0.05) is 23.2 Å². The van der Waals surface area contributed by atoms with Crippen molar-refractivity contribution in [3.8, 4) is 0 Å². The molecule has 0 bridgehead atoms. The molecule has 0 aliphatic carbocycles. The van der Waals surface area contributed by atoms with Gasteiger partial charge in [0.2, 0.25) is 10.0 Å². The van der Waals surface area contributed by atoms with Gasteiger partial charge in [0.1, 0.15) is 0 Å². The van der Waals surface area contributed by atoms with Crippen molar-refractivity contribution in [2.45, 2.75) is 24.0 Å². The SMILES string of the molecule is CC1COC(CO)CN1S(=O)(=O)c1cc(Cl)cc(Cl)c1. The number of sulfonamides is 1. The third-order valence-electron chi connectivity index (χ3n) is 3.09. The van der Waals surface area contributed by atoms with E-state index in [2.05, 4.69) is 0 Å². The van der Waals surface area contributed by atoms with Crippen LogP contribution in [0.25, 0.3) is 0 Å². The first-order chi connectivity index (χ1) is 9.34. The molecular formula is C12H15Cl2NO4S. The second-order valence-corrected chi connectivity index (χ2v) is 7.43. The van der Waals surface area contributed by atoms with E-state index in [-0.39, 0.29) is 40.7 Å². The van der Waals surface area contributed by atoms with Gasteiger partial charge >= 0.3 is 0 Å². The molecule has 1 aromatic rings. The topological polar surface area (TPSA) is 66.8 Å². The summed E-state index contributed by atoms with van der Waals surface area (Å²) in [5.41, 5.74) is 0. The van der Waals surface area contributed by atoms with E-state index in [1.807, 2.05) is 0 Å². The number of halogens is 2. The second-order valence-electron chi connectivity index (χ2n) is 4.67. The summed E-state index contributed by atoms with van der Waals surface area (Å²) < 4.78 is 31.9. The minimum atomic E-state index is -3.73. The highest BCUT2D eigenvalue weighted by atomic mass is 35.5. The summed E-state index contributed by atoms with van der Waals surface area (Å²) in [6.45, 7) is 1.86. The molecule has 0 radical (unpaired) electrons. The van der Waals surface area contributed by atoms with Crippen molar-refractivity contribution in [3.05, 3.63) is 28.2 Å². The van der Waals surface area contributed by atoms with Crippen LogP contribution >= 0.6 is 23.2 Å². The van der Waals surface area contributed by atoms with Crippen molar-refractivity contribution in [1.29, 1.82) is 0 Å². The van der Waals surface area contributed by atoms with Crippen LogP contribution in [0.1, 0.15) is 6.92 Å². The Bertz CT molecular complexity index is 573. The maximum atomic E-state index is 12.6. The molecule has 112 valence electrons. The lowest BCUT2D eigenvalue weighted by molar-refractivity contribution is -0.0516. The van der Waals surface area contributed by atoms with Crippen molar-refractivity contribution in [3.63, 3.8) is 0 Å². The van der Waals surface area contributed by atoms with Gasteiger partial charge in [-0.25, -0.2) is 8.42 Å². The van der Waals surface area contributed by atoms with Gasteiger partial charge in [0.05, 0.1) is 24.2 Å². The standard InChI is InChI=1S/C12H15Cl2NO4S/c1-8-7-19-11(6-16)5-15(8)20(17,18)12-3-9(13)2-10(14)4-12/h2-4,8,11,16H,5-7H2,1H3. The van der Waals surface area contributed by atoms with E-state index in [4.69, 9.17) is 33.0 Å². The summed E-state index contributed by atoms with van der Waals surface area (Å²) in [5, 5.41) is 9.65. The number of benzene rings is 1. The number of hydrogen-bond acceptors (Lipinski definition) is 4. The largest absolute Gasteiger partial charge is 0.394 e. The predicted molar refractivity (Wildman–Crippen MR) is 76.6 cm³/mol. The average molecular weight is 340 g/mol. The Morgan fingerprint density at radius 3 is 2.50 bits per heavy atom. The zero-order valence-electron chi connectivity index (χ0n) is 10.8. The van der Waals surface area contributed by atoms with E-state index in [1.54, 1.807) is 6.92 Å². The molecule has 1 N–H and O–H groups in total. The molecule has 20 heavy (non-hydrogen) atoms. The Labute approximate surface area is 128 Å². The summed E-state index contributed by atoms with van der Waals surface area (Å²) in [5.74, 6) is 0. The molecule has 1 fully saturated rings. The molecule has 0 aromatic heterocycles. The molecule has 1 saturated heterocycles. The van der Waals surface area contributed by atoms with Crippen LogP contribution in [0, 0.1) is 0 Å². The first-order valence-corrected chi connectivity index (χ1v) is 8.24. The van der Waals surface area contributed by atoms with Gasteiger partial charge in [-0.2, -0.15) is 4.31 Å². The van der Waals surface area contributed by atoms with Crippen LogP contribution in [0.5, 0.6) is 0 Å². The molecule has 2 atom stereocenters. The fourth-order valence-electron chi connectivity index (χ4n) is 2.05. The Balaban J connectivity index is 2.37. The number of aliphatic hydroxyl groups excluding tert-OH is 1. The third kappa shape index (κ3) is 3.27. The summed E-state index contributed by atoms with van der Waals surface area (Å²) in [4.78, 5) is 0.0421. The number of aliphatic hydroxyl groups is 1. The molecular weight excluding hydrogens is 325 g/mol. The Morgan fingerprint density at radius 1 is 1.35 bits per heavy atom. The quantitative estimate of drug-likeness (QED) is 0.911. The number of morpholine rings is 1. The van der Waals surface area contributed by atoms with Crippen molar-refractivity contribution >= 4 is 33.2 Å². The van der Waals surface area contributed by atoms with E-state index < -0.39 is 16.1 Å². The number of hydrogen-bond donors (Lipinski definition) is 1. The van der Waals surface area contributed by atoms with E-state index >= 15 is 0 Å². The van der Waals surface area contributed by atoms with Crippen molar-refractivity contribution in [2.24, 2.45) is 0 Å². The molecule has 0 spiro atoms. The molecule has 1 aliphatic rings. The van der Waals surface area contributed by atoms with Crippen molar-refractivity contribution in [1.82, 2.24) is 4.31 Å². The van der Waals surface area contributed by atoms with E-state index in [0.717, 1.165) is 0 Å². The highest BCUT2D eigenvalue weighted by molar-refractivity contribution is 7.89. The third-order valence-corrected chi connectivity index (χ3v) is 5.49. The molecule has 1 aliphatic heterocycles. The van der Waals surface area contributed by atoms with Gasteiger partial charge in [-0.3, -0.25) is 0 Å². The minimum Gasteiger partial charge on any atom is -0.394 e. The molecule has 0 saturated carbocycles. The van der Waals surface area contributed by atoms with Gasteiger partial charge in [0, 0.05) is 22.6 Å². The monoisotopic (exact) mass is 339 g/mol. The van der Waals surface area contributed by atoms with Gasteiger partial charge in [-0.05, 0) is 25.1 Å². The normalized spacial score (nSPS) is 24.8. The van der Waals surface area contributed by atoms with E-state index in [1.165, 1.54) is 22.5 Å². The molecule has 0 amide bonds. The molecule has 5 nitrogen and oxygen atoms in total. The minimum absolute atomic E-state index is 0.0421. The first-order valence-electron chi connectivity index (χ1n) is 6.05. The molecule has 1 heterocycles. The molecule has 8 heteroatoms. The lowest BCUT2D eigenvalue weighted by atomic mass is 10.2. The number of rotatable bonds is 3. The summed E-state index contributed by atoms with van der Waals surface area (Å²) in [6.07, 6.45) is -0.518. The Kier molecular flexibility index (Phi) is 4.94. The van der Waals surface area contributed by atoms with Gasteiger partial charge in [0.15, 0.2) is 0 Å². The Hall–Kier alpha value is -0.370. The van der Waals surface area contributed by atoms with Crippen LogP contribution in [-0.2, 0) is 14.8 Å². The zero-order valence-corrected chi connectivity index (χ0v) is 13.1. The highest BCUT2D eigenvalue weighted by Crippen LogP contribution is 2.27. The Morgan fingerprint density at radius 2 is 1.95 bits per heavy atom. The van der Waals surface area contributed by atoms with Crippen molar-refractivity contribution in [2.75, 3.05) is 19.8 Å². The summed E-state index contributed by atoms with van der Waals surface area (Å²) >= 11 is 11.7.